The molecule has 0 aromatic heterocycles. The second-order valence-corrected chi connectivity index (χ2v) is 6.84. The van der Waals surface area contributed by atoms with Crippen LogP contribution in [-0.4, -0.2) is 17.7 Å². The van der Waals surface area contributed by atoms with Crippen LogP contribution in [0.1, 0.15) is 29.7 Å². The molecule has 1 atom stereocenters. The van der Waals surface area contributed by atoms with E-state index >= 15 is 0 Å². The van der Waals surface area contributed by atoms with Gasteiger partial charge >= 0.3 is 6.03 Å². The highest BCUT2D eigenvalue weighted by Gasteiger charge is 2.10. The van der Waals surface area contributed by atoms with Gasteiger partial charge < -0.3 is 5.32 Å². The van der Waals surface area contributed by atoms with E-state index in [1.54, 1.807) is 11.8 Å². The minimum absolute atomic E-state index is 0.256. The van der Waals surface area contributed by atoms with Crippen molar-refractivity contribution in [3.05, 3.63) is 71.8 Å². The third kappa shape index (κ3) is 6.46. The molecule has 3 amide bonds. The number of imide groups is 1. The number of benzene rings is 2. The molecule has 0 heterocycles. The minimum Gasteiger partial charge on any atom is -0.334 e. The number of nitrogens with one attached hydrogen (secondary N) is 2. The largest absolute Gasteiger partial charge is 0.334 e. The van der Waals surface area contributed by atoms with Crippen LogP contribution in [-0.2, 0) is 11.3 Å². The van der Waals surface area contributed by atoms with Crippen molar-refractivity contribution in [3.63, 3.8) is 0 Å². The molecule has 0 saturated heterocycles. The Bertz CT molecular complexity index is 647. The molecule has 24 heavy (non-hydrogen) atoms. The van der Waals surface area contributed by atoms with Crippen molar-refractivity contribution in [2.45, 2.75) is 25.1 Å². The lowest BCUT2D eigenvalue weighted by atomic mass is 10.2. The Morgan fingerprint density at radius 2 is 1.62 bits per heavy atom. The zero-order chi connectivity index (χ0) is 17.2. The molecule has 0 radical (unpaired) electrons. The monoisotopic (exact) mass is 342 g/mol. The molecule has 2 aromatic carbocycles. The van der Waals surface area contributed by atoms with Crippen LogP contribution in [0.15, 0.2) is 60.7 Å². The van der Waals surface area contributed by atoms with E-state index in [0.29, 0.717) is 24.0 Å². The zero-order valence-electron chi connectivity index (χ0n) is 13.7. The van der Waals surface area contributed by atoms with Gasteiger partial charge in [0, 0.05) is 24.0 Å². The molecule has 4 nitrogen and oxygen atoms in total. The van der Waals surface area contributed by atoms with Gasteiger partial charge in [0.15, 0.2) is 0 Å². The van der Waals surface area contributed by atoms with Crippen molar-refractivity contribution in [1.29, 1.82) is 0 Å². The summed E-state index contributed by atoms with van der Waals surface area (Å²) in [5.74, 6) is 0.418. The first-order valence-electron chi connectivity index (χ1n) is 7.93. The molecule has 0 saturated carbocycles. The lowest BCUT2D eigenvalue weighted by molar-refractivity contribution is -0.119. The first kappa shape index (κ1) is 18.1. The van der Waals surface area contributed by atoms with Gasteiger partial charge in [-0.25, -0.2) is 4.79 Å². The molecule has 0 aliphatic heterocycles. The number of hydrogen-bond acceptors (Lipinski definition) is 3. The van der Waals surface area contributed by atoms with Gasteiger partial charge in [0.25, 0.3) is 0 Å². The molecule has 1 unspecified atom stereocenters. The fourth-order valence-electron chi connectivity index (χ4n) is 2.16. The van der Waals surface area contributed by atoms with Crippen molar-refractivity contribution in [3.8, 4) is 0 Å². The van der Waals surface area contributed by atoms with Crippen LogP contribution in [0.5, 0.6) is 0 Å². The Labute approximate surface area is 147 Å². The highest BCUT2D eigenvalue weighted by atomic mass is 32.2. The number of hydrogen-bond donors (Lipinski definition) is 2. The molecule has 0 spiro atoms. The Balaban J connectivity index is 1.63. The number of carbonyl (C=O) groups excluding carboxylic acids is 2. The SMILES string of the molecule is CC(SCCC(=O)NC(=O)NCc1ccccc1)c1ccccc1. The summed E-state index contributed by atoms with van der Waals surface area (Å²) < 4.78 is 0. The number of urea groups is 1. The third-order valence-electron chi connectivity index (χ3n) is 3.51. The van der Waals surface area contributed by atoms with Crippen molar-refractivity contribution < 1.29 is 9.59 Å². The van der Waals surface area contributed by atoms with Crippen LogP contribution >= 0.6 is 11.8 Å². The summed E-state index contributed by atoms with van der Waals surface area (Å²) in [6.45, 7) is 2.52. The maximum atomic E-state index is 11.8. The van der Waals surface area contributed by atoms with Crippen LogP contribution in [0.25, 0.3) is 0 Å². The van der Waals surface area contributed by atoms with Gasteiger partial charge in [-0.05, 0) is 18.1 Å². The van der Waals surface area contributed by atoms with E-state index in [2.05, 4.69) is 29.7 Å². The molecule has 0 aliphatic rings. The predicted octanol–water partition coefficient (Wildman–Crippen LogP) is 3.90. The summed E-state index contributed by atoms with van der Waals surface area (Å²) in [4.78, 5) is 23.5. The Morgan fingerprint density at radius 1 is 1.00 bits per heavy atom. The Morgan fingerprint density at radius 3 is 2.29 bits per heavy atom. The fourth-order valence-corrected chi connectivity index (χ4v) is 3.17. The van der Waals surface area contributed by atoms with Crippen molar-refractivity contribution in [2.24, 2.45) is 0 Å². The number of rotatable bonds is 7. The standard InChI is InChI=1S/C19H22N2O2S/c1-15(17-10-6-3-7-11-17)24-13-12-18(22)21-19(23)20-14-16-8-4-2-5-9-16/h2-11,15H,12-14H2,1H3,(H2,20,21,22,23). The van der Waals surface area contributed by atoms with Gasteiger partial charge in [0.1, 0.15) is 0 Å². The lowest BCUT2D eigenvalue weighted by Gasteiger charge is -2.11. The molecule has 5 heteroatoms. The molecule has 0 aliphatic carbocycles. The van der Waals surface area contributed by atoms with E-state index in [0.717, 1.165) is 5.56 Å². The van der Waals surface area contributed by atoms with E-state index in [9.17, 15) is 9.59 Å². The van der Waals surface area contributed by atoms with Crippen molar-refractivity contribution >= 4 is 23.7 Å². The van der Waals surface area contributed by atoms with Gasteiger partial charge in [-0.3, -0.25) is 10.1 Å². The molecule has 126 valence electrons. The van der Waals surface area contributed by atoms with Gasteiger partial charge in [0.2, 0.25) is 5.91 Å². The quantitative estimate of drug-likeness (QED) is 0.802. The second-order valence-electron chi connectivity index (χ2n) is 5.39. The first-order chi connectivity index (χ1) is 11.6. The maximum absolute atomic E-state index is 11.8. The molecule has 2 N–H and O–H groups in total. The lowest BCUT2D eigenvalue weighted by Crippen LogP contribution is -2.39. The summed E-state index contributed by atoms with van der Waals surface area (Å²) in [5, 5.41) is 5.36. The molecule has 2 aromatic rings. The Hall–Kier alpha value is -2.27. The van der Waals surface area contributed by atoms with E-state index in [4.69, 9.17) is 0 Å². The highest BCUT2D eigenvalue weighted by molar-refractivity contribution is 7.99. The van der Waals surface area contributed by atoms with Gasteiger partial charge in [-0.15, -0.1) is 0 Å². The second kappa shape index (κ2) is 9.78. The Kier molecular flexibility index (Phi) is 7.36. The van der Waals surface area contributed by atoms with E-state index in [1.165, 1.54) is 5.56 Å². The molecule has 0 fully saturated rings. The molecule has 0 bridgehead atoms. The smallest absolute Gasteiger partial charge is 0.321 e. The zero-order valence-corrected chi connectivity index (χ0v) is 14.5. The normalized spacial score (nSPS) is 11.5. The number of amides is 3. The summed E-state index contributed by atoms with van der Waals surface area (Å²) in [6.07, 6.45) is 0.320. The summed E-state index contributed by atoms with van der Waals surface area (Å²) in [5.41, 5.74) is 2.23. The van der Waals surface area contributed by atoms with E-state index in [-0.39, 0.29) is 5.91 Å². The predicted molar refractivity (Wildman–Crippen MR) is 98.8 cm³/mol. The first-order valence-corrected chi connectivity index (χ1v) is 8.98. The third-order valence-corrected chi connectivity index (χ3v) is 4.73. The number of thioether (sulfide) groups is 1. The maximum Gasteiger partial charge on any atom is 0.321 e. The van der Waals surface area contributed by atoms with E-state index < -0.39 is 6.03 Å². The topological polar surface area (TPSA) is 58.2 Å². The molecular weight excluding hydrogens is 320 g/mol. The summed E-state index contributed by atoms with van der Waals surface area (Å²) in [7, 11) is 0. The molecular formula is C19H22N2O2S. The highest BCUT2D eigenvalue weighted by Crippen LogP contribution is 2.28. The fraction of sp³-hybridized carbons (Fsp3) is 0.263. The van der Waals surface area contributed by atoms with Crippen LogP contribution in [0.4, 0.5) is 4.79 Å². The average molecular weight is 342 g/mol. The van der Waals surface area contributed by atoms with Gasteiger partial charge in [-0.1, -0.05) is 60.7 Å². The molecule has 2 rings (SSSR count). The average Bonchev–Trinajstić information content (AvgIpc) is 2.61. The van der Waals surface area contributed by atoms with Crippen LogP contribution in [0.3, 0.4) is 0 Å². The van der Waals surface area contributed by atoms with Crippen LogP contribution < -0.4 is 10.6 Å². The number of carbonyl (C=O) groups is 2. The van der Waals surface area contributed by atoms with Crippen molar-refractivity contribution in [1.82, 2.24) is 10.6 Å². The summed E-state index contributed by atoms with van der Waals surface area (Å²) >= 11 is 1.70. The van der Waals surface area contributed by atoms with Crippen LogP contribution in [0.2, 0.25) is 0 Å². The minimum atomic E-state index is -0.454. The van der Waals surface area contributed by atoms with Gasteiger partial charge in [-0.2, -0.15) is 11.8 Å². The summed E-state index contributed by atoms with van der Waals surface area (Å²) in [6, 6.07) is 19.3. The van der Waals surface area contributed by atoms with Crippen molar-refractivity contribution in [2.75, 3.05) is 5.75 Å². The van der Waals surface area contributed by atoms with Crippen LogP contribution in [0, 0.1) is 0 Å². The van der Waals surface area contributed by atoms with E-state index in [1.807, 2.05) is 48.5 Å². The van der Waals surface area contributed by atoms with Gasteiger partial charge in [0.05, 0.1) is 0 Å².